The van der Waals surface area contributed by atoms with Gasteiger partial charge in [0.25, 0.3) is 0 Å². The second-order valence-electron chi connectivity index (χ2n) is 4.73. The predicted molar refractivity (Wildman–Crippen MR) is 83.9 cm³/mol. The highest BCUT2D eigenvalue weighted by Crippen LogP contribution is 2.19. The SMILES string of the molecule is CCCCO[Si](CCCl)(OCCCC)OCCCC. The summed E-state index contributed by atoms with van der Waals surface area (Å²) in [6.45, 7) is 8.63. The Morgan fingerprint density at radius 2 is 1.11 bits per heavy atom. The van der Waals surface area contributed by atoms with Gasteiger partial charge in [0.1, 0.15) is 0 Å². The zero-order chi connectivity index (χ0) is 14.4. The van der Waals surface area contributed by atoms with Gasteiger partial charge >= 0.3 is 8.80 Å². The molecule has 0 unspecified atom stereocenters. The van der Waals surface area contributed by atoms with Crippen LogP contribution in [0.4, 0.5) is 0 Å². The van der Waals surface area contributed by atoms with Crippen molar-refractivity contribution in [3.8, 4) is 0 Å². The van der Waals surface area contributed by atoms with Crippen LogP contribution in [-0.2, 0) is 13.3 Å². The zero-order valence-electron chi connectivity index (χ0n) is 12.9. The summed E-state index contributed by atoms with van der Waals surface area (Å²) in [6.07, 6.45) is 6.50. The third-order valence-electron chi connectivity index (χ3n) is 2.86. The summed E-state index contributed by atoms with van der Waals surface area (Å²) < 4.78 is 18.0. The lowest BCUT2D eigenvalue weighted by molar-refractivity contribution is 0.0576. The average Bonchev–Trinajstić information content (AvgIpc) is 2.40. The fourth-order valence-electron chi connectivity index (χ4n) is 1.57. The third kappa shape index (κ3) is 9.85. The van der Waals surface area contributed by atoms with E-state index in [1.54, 1.807) is 0 Å². The fourth-order valence-corrected chi connectivity index (χ4v) is 4.55. The molecule has 0 aliphatic rings. The summed E-state index contributed by atoms with van der Waals surface area (Å²) >= 11 is 5.92. The monoisotopic (exact) mass is 310 g/mol. The number of unbranched alkanes of at least 4 members (excludes halogenated alkanes) is 3. The molecule has 0 heterocycles. The maximum Gasteiger partial charge on any atom is 0.502 e. The van der Waals surface area contributed by atoms with Gasteiger partial charge in [-0.25, -0.2) is 0 Å². The average molecular weight is 311 g/mol. The van der Waals surface area contributed by atoms with Crippen LogP contribution >= 0.6 is 11.6 Å². The minimum Gasteiger partial charge on any atom is -0.373 e. The van der Waals surface area contributed by atoms with Gasteiger partial charge in [-0.2, -0.15) is 0 Å². The summed E-state index contributed by atoms with van der Waals surface area (Å²) in [5, 5.41) is 0. The molecule has 0 fully saturated rings. The first kappa shape index (κ1) is 19.4. The summed E-state index contributed by atoms with van der Waals surface area (Å²) in [5.74, 6) is 0.538. The van der Waals surface area contributed by atoms with Crippen molar-refractivity contribution < 1.29 is 13.3 Å². The zero-order valence-corrected chi connectivity index (χ0v) is 14.6. The molecule has 0 aliphatic carbocycles. The maximum absolute atomic E-state index is 6.01. The van der Waals surface area contributed by atoms with Crippen molar-refractivity contribution in [2.75, 3.05) is 25.7 Å². The van der Waals surface area contributed by atoms with Gasteiger partial charge in [-0.05, 0) is 19.3 Å². The van der Waals surface area contributed by atoms with E-state index >= 15 is 0 Å². The Bertz CT molecular complexity index is 167. The minimum atomic E-state index is -2.54. The standard InChI is InChI=1S/C14H31ClO3Si/c1-4-7-11-16-19(14-10-15,17-12-8-5-2)18-13-9-6-3/h4-14H2,1-3H3. The predicted octanol–water partition coefficient (Wildman–Crippen LogP) is 4.61. The molecule has 0 amide bonds. The highest BCUT2D eigenvalue weighted by Gasteiger charge is 2.40. The molecule has 0 aromatic heterocycles. The first-order valence-electron chi connectivity index (χ1n) is 7.72. The van der Waals surface area contributed by atoms with Crippen LogP contribution in [0.15, 0.2) is 0 Å². The lowest BCUT2D eigenvalue weighted by atomic mass is 10.4. The van der Waals surface area contributed by atoms with Crippen molar-refractivity contribution in [3.05, 3.63) is 0 Å². The second kappa shape index (κ2) is 13.4. The van der Waals surface area contributed by atoms with E-state index in [1.807, 2.05) is 0 Å². The molecule has 0 aromatic carbocycles. The van der Waals surface area contributed by atoms with Gasteiger partial charge in [0, 0.05) is 31.7 Å². The van der Waals surface area contributed by atoms with Crippen molar-refractivity contribution >= 4 is 20.4 Å². The van der Waals surface area contributed by atoms with Gasteiger partial charge < -0.3 is 13.3 Å². The van der Waals surface area contributed by atoms with Crippen molar-refractivity contribution in [3.63, 3.8) is 0 Å². The molecule has 0 spiro atoms. The van der Waals surface area contributed by atoms with Crippen LogP contribution in [0.5, 0.6) is 0 Å². The second-order valence-corrected chi connectivity index (χ2v) is 7.84. The van der Waals surface area contributed by atoms with Crippen LogP contribution in [0, 0.1) is 0 Å². The highest BCUT2D eigenvalue weighted by atomic mass is 35.5. The molecular weight excluding hydrogens is 280 g/mol. The number of rotatable bonds is 14. The third-order valence-corrected chi connectivity index (χ3v) is 6.16. The minimum absolute atomic E-state index is 0.538. The Morgan fingerprint density at radius 1 is 0.737 bits per heavy atom. The fraction of sp³-hybridized carbons (Fsp3) is 1.00. The number of hydrogen-bond acceptors (Lipinski definition) is 3. The molecule has 0 saturated heterocycles. The molecular formula is C14H31ClO3Si. The Morgan fingerprint density at radius 3 is 1.37 bits per heavy atom. The molecule has 0 N–H and O–H groups in total. The van der Waals surface area contributed by atoms with E-state index in [0.717, 1.165) is 58.3 Å². The first-order valence-corrected chi connectivity index (χ1v) is 10.2. The number of halogens is 1. The summed E-state index contributed by atoms with van der Waals surface area (Å²) in [7, 11) is -2.54. The Balaban J connectivity index is 4.37. The molecule has 0 rings (SSSR count). The van der Waals surface area contributed by atoms with Gasteiger partial charge in [-0.1, -0.05) is 40.0 Å². The van der Waals surface area contributed by atoms with Gasteiger partial charge in [0.2, 0.25) is 0 Å². The van der Waals surface area contributed by atoms with Gasteiger partial charge in [0.15, 0.2) is 0 Å². The Kier molecular flexibility index (Phi) is 13.6. The van der Waals surface area contributed by atoms with Crippen molar-refractivity contribution in [1.29, 1.82) is 0 Å². The van der Waals surface area contributed by atoms with Crippen molar-refractivity contribution in [1.82, 2.24) is 0 Å². The number of alkyl halides is 1. The lowest BCUT2D eigenvalue weighted by Crippen LogP contribution is -2.47. The molecule has 0 saturated carbocycles. The molecule has 0 aromatic rings. The molecule has 5 heteroatoms. The largest absolute Gasteiger partial charge is 0.502 e. The maximum atomic E-state index is 6.01. The molecule has 0 radical (unpaired) electrons. The van der Waals surface area contributed by atoms with Crippen molar-refractivity contribution in [2.24, 2.45) is 0 Å². The molecule has 0 atom stereocenters. The van der Waals surface area contributed by atoms with Gasteiger partial charge in [-0.15, -0.1) is 11.6 Å². The summed E-state index contributed by atoms with van der Waals surface area (Å²) in [4.78, 5) is 0. The van der Waals surface area contributed by atoms with Crippen molar-refractivity contribution in [2.45, 2.75) is 65.3 Å². The van der Waals surface area contributed by atoms with E-state index in [2.05, 4.69) is 20.8 Å². The summed E-state index contributed by atoms with van der Waals surface area (Å²) in [6, 6.07) is 0.714. The van der Waals surface area contributed by atoms with Crippen LogP contribution in [0.25, 0.3) is 0 Å². The molecule has 3 nitrogen and oxygen atoms in total. The van der Waals surface area contributed by atoms with E-state index in [-0.39, 0.29) is 0 Å². The Labute approximate surface area is 125 Å². The van der Waals surface area contributed by atoms with E-state index in [0.29, 0.717) is 11.9 Å². The van der Waals surface area contributed by atoms with E-state index in [9.17, 15) is 0 Å². The number of hydrogen-bond donors (Lipinski definition) is 0. The first-order chi connectivity index (χ1) is 9.24. The molecule has 0 aliphatic heterocycles. The van der Waals surface area contributed by atoms with Crippen LogP contribution in [0.2, 0.25) is 6.04 Å². The van der Waals surface area contributed by atoms with Crippen LogP contribution < -0.4 is 0 Å². The smallest absolute Gasteiger partial charge is 0.373 e. The quantitative estimate of drug-likeness (QED) is 0.266. The molecule has 19 heavy (non-hydrogen) atoms. The topological polar surface area (TPSA) is 27.7 Å². The highest BCUT2D eigenvalue weighted by molar-refractivity contribution is 6.61. The van der Waals surface area contributed by atoms with Crippen LogP contribution in [0.3, 0.4) is 0 Å². The normalized spacial score (nSPS) is 12.0. The van der Waals surface area contributed by atoms with Gasteiger partial charge in [-0.3, -0.25) is 0 Å². The van der Waals surface area contributed by atoms with E-state index < -0.39 is 8.80 Å². The van der Waals surface area contributed by atoms with E-state index in [4.69, 9.17) is 24.9 Å². The molecule has 116 valence electrons. The lowest BCUT2D eigenvalue weighted by Gasteiger charge is -2.29. The Hall–Kier alpha value is 0.387. The molecule has 0 bridgehead atoms. The van der Waals surface area contributed by atoms with Crippen LogP contribution in [0.1, 0.15) is 59.3 Å². The van der Waals surface area contributed by atoms with Crippen LogP contribution in [-0.4, -0.2) is 34.5 Å². The van der Waals surface area contributed by atoms with E-state index in [1.165, 1.54) is 0 Å². The summed E-state index contributed by atoms with van der Waals surface area (Å²) in [5.41, 5.74) is 0. The van der Waals surface area contributed by atoms with Gasteiger partial charge in [0.05, 0.1) is 0 Å².